The van der Waals surface area contributed by atoms with E-state index in [4.69, 9.17) is 4.74 Å². The van der Waals surface area contributed by atoms with Gasteiger partial charge in [-0.1, -0.05) is 18.2 Å². The second-order valence-electron chi connectivity index (χ2n) is 6.04. The van der Waals surface area contributed by atoms with Crippen molar-refractivity contribution < 1.29 is 22.7 Å². The van der Waals surface area contributed by atoms with E-state index in [2.05, 4.69) is 10.6 Å². The highest BCUT2D eigenvalue weighted by Crippen LogP contribution is 2.30. The highest BCUT2D eigenvalue weighted by Gasteiger charge is 2.30. The van der Waals surface area contributed by atoms with Crippen LogP contribution in [0, 0.1) is 0 Å². The standard InChI is InChI=1S/C19H21F3N2O2/c1-13(2)26-17-8-6-14(7-9-17)11-23-12-18(25)24-16-5-3-4-15(10-16)19(20,21)22/h3-10,13,23H,11-12H2,1-2H3,(H,24,25). The lowest BCUT2D eigenvalue weighted by Crippen LogP contribution is -2.27. The van der Waals surface area contributed by atoms with Gasteiger partial charge in [0.1, 0.15) is 5.75 Å². The summed E-state index contributed by atoms with van der Waals surface area (Å²) in [6.45, 7) is 4.33. The summed E-state index contributed by atoms with van der Waals surface area (Å²) in [7, 11) is 0. The first kappa shape index (κ1) is 19.8. The number of ether oxygens (including phenoxy) is 1. The summed E-state index contributed by atoms with van der Waals surface area (Å²) in [6, 6.07) is 12.0. The number of anilines is 1. The van der Waals surface area contributed by atoms with Crippen LogP contribution in [0.4, 0.5) is 18.9 Å². The van der Waals surface area contributed by atoms with Crippen LogP contribution >= 0.6 is 0 Å². The molecule has 0 saturated heterocycles. The second kappa shape index (κ2) is 8.71. The van der Waals surface area contributed by atoms with Gasteiger partial charge in [0.15, 0.2) is 0 Å². The van der Waals surface area contributed by atoms with Gasteiger partial charge >= 0.3 is 6.18 Å². The minimum atomic E-state index is -4.44. The Hall–Kier alpha value is -2.54. The Bertz CT molecular complexity index is 728. The number of alkyl halides is 3. The molecule has 0 unspecified atom stereocenters. The minimum Gasteiger partial charge on any atom is -0.491 e. The van der Waals surface area contributed by atoms with Gasteiger partial charge in [-0.25, -0.2) is 0 Å². The fraction of sp³-hybridized carbons (Fsp3) is 0.316. The molecule has 0 saturated carbocycles. The van der Waals surface area contributed by atoms with Gasteiger partial charge in [0.25, 0.3) is 0 Å². The first-order valence-corrected chi connectivity index (χ1v) is 8.17. The molecule has 0 fully saturated rings. The van der Waals surface area contributed by atoms with Gasteiger partial charge < -0.3 is 15.4 Å². The summed E-state index contributed by atoms with van der Waals surface area (Å²) in [5.74, 6) is 0.357. The van der Waals surface area contributed by atoms with Gasteiger partial charge in [-0.05, 0) is 49.7 Å². The van der Waals surface area contributed by atoms with Gasteiger partial charge in [0.2, 0.25) is 5.91 Å². The van der Waals surface area contributed by atoms with E-state index < -0.39 is 17.6 Å². The highest BCUT2D eigenvalue weighted by atomic mass is 19.4. The van der Waals surface area contributed by atoms with E-state index in [0.29, 0.717) is 6.54 Å². The third-order valence-corrected chi connectivity index (χ3v) is 3.38. The number of carbonyl (C=O) groups excluding carboxylic acids is 1. The number of nitrogens with one attached hydrogen (secondary N) is 2. The SMILES string of the molecule is CC(C)Oc1ccc(CNCC(=O)Nc2cccc(C(F)(F)F)c2)cc1. The molecule has 0 atom stereocenters. The maximum absolute atomic E-state index is 12.7. The summed E-state index contributed by atoms with van der Waals surface area (Å²) >= 11 is 0. The summed E-state index contributed by atoms with van der Waals surface area (Å²) in [4.78, 5) is 11.9. The first-order chi connectivity index (χ1) is 12.2. The zero-order valence-electron chi connectivity index (χ0n) is 14.6. The number of rotatable bonds is 7. The molecule has 2 aromatic carbocycles. The monoisotopic (exact) mass is 366 g/mol. The predicted molar refractivity (Wildman–Crippen MR) is 94.0 cm³/mol. The largest absolute Gasteiger partial charge is 0.491 e. The van der Waals surface area contributed by atoms with Crippen molar-refractivity contribution in [2.24, 2.45) is 0 Å². The number of hydrogen-bond donors (Lipinski definition) is 2. The molecule has 2 aromatic rings. The number of carbonyl (C=O) groups is 1. The molecule has 2 N–H and O–H groups in total. The summed E-state index contributed by atoms with van der Waals surface area (Å²) in [5.41, 5.74) is 0.279. The first-order valence-electron chi connectivity index (χ1n) is 8.17. The van der Waals surface area contributed by atoms with Gasteiger partial charge in [-0.2, -0.15) is 13.2 Å². The molecule has 0 aliphatic carbocycles. The topological polar surface area (TPSA) is 50.4 Å². The van der Waals surface area contributed by atoms with Crippen molar-refractivity contribution in [1.29, 1.82) is 0 Å². The van der Waals surface area contributed by atoms with Crippen molar-refractivity contribution in [3.63, 3.8) is 0 Å². The van der Waals surface area contributed by atoms with Crippen LogP contribution in [0.3, 0.4) is 0 Å². The van der Waals surface area contributed by atoms with Gasteiger partial charge in [0.05, 0.1) is 18.2 Å². The average molecular weight is 366 g/mol. The molecule has 0 heterocycles. The highest BCUT2D eigenvalue weighted by molar-refractivity contribution is 5.92. The molecule has 4 nitrogen and oxygen atoms in total. The van der Waals surface area contributed by atoms with E-state index in [-0.39, 0.29) is 18.3 Å². The van der Waals surface area contributed by atoms with Crippen molar-refractivity contribution in [3.8, 4) is 5.75 Å². The minimum absolute atomic E-state index is 0.0134. The molecule has 0 bridgehead atoms. The molecule has 26 heavy (non-hydrogen) atoms. The van der Waals surface area contributed by atoms with E-state index >= 15 is 0 Å². The van der Waals surface area contributed by atoms with Crippen LogP contribution in [0.25, 0.3) is 0 Å². The predicted octanol–water partition coefficient (Wildman–Crippen LogP) is 4.22. The molecule has 0 radical (unpaired) electrons. The quantitative estimate of drug-likeness (QED) is 0.771. The molecule has 1 amide bonds. The summed E-state index contributed by atoms with van der Waals surface area (Å²) < 4.78 is 43.5. The second-order valence-corrected chi connectivity index (χ2v) is 6.04. The fourth-order valence-electron chi connectivity index (χ4n) is 2.26. The van der Waals surface area contributed by atoms with Crippen LogP contribution in [0.2, 0.25) is 0 Å². The van der Waals surface area contributed by atoms with Crippen LogP contribution < -0.4 is 15.4 Å². The van der Waals surface area contributed by atoms with Crippen molar-refractivity contribution in [1.82, 2.24) is 5.32 Å². The maximum Gasteiger partial charge on any atom is 0.416 e. The molecular formula is C19H21F3N2O2. The summed E-state index contributed by atoms with van der Waals surface area (Å²) in [6.07, 6.45) is -4.34. The molecule has 0 aromatic heterocycles. The van der Waals surface area contributed by atoms with Crippen LogP contribution in [-0.2, 0) is 17.5 Å². The Balaban J connectivity index is 1.80. The van der Waals surface area contributed by atoms with E-state index in [1.807, 2.05) is 38.1 Å². The van der Waals surface area contributed by atoms with Crippen molar-refractivity contribution in [2.75, 3.05) is 11.9 Å². The van der Waals surface area contributed by atoms with Crippen LogP contribution in [0.15, 0.2) is 48.5 Å². The van der Waals surface area contributed by atoms with Crippen molar-refractivity contribution >= 4 is 11.6 Å². The zero-order valence-corrected chi connectivity index (χ0v) is 14.6. The Morgan fingerprint density at radius 1 is 1.12 bits per heavy atom. The third kappa shape index (κ3) is 6.40. The fourth-order valence-corrected chi connectivity index (χ4v) is 2.26. The third-order valence-electron chi connectivity index (χ3n) is 3.38. The van der Waals surface area contributed by atoms with Crippen LogP contribution in [-0.4, -0.2) is 18.6 Å². The van der Waals surface area contributed by atoms with E-state index in [0.717, 1.165) is 23.4 Å². The van der Waals surface area contributed by atoms with Gasteiger partial charge in [-0.3, -0.25) is 4.79 Å². The number of benzene rings is 2. The molecule has 0 spiro atoms. The van der Waals surface area contributed by atoms with Gasteiger partial charge in [-0.15, -0.1) is 0 Å². The lowest BCUT2D eigenvalue weighted by atomic mass is 10.2. The molecular weight excluding hydrogens is 345 g/mol. The smallest absolute Gasteiger partial charge is 0.416 e. The average Bonchev–Trinajstić information content (AvgIpc) is 2.55. The Kier molecular flexibility index (Phi) is 6.63. The molecule has 0 aliphatic heterocycles. The number of amides is 1. The molecule has 140 valence electrons. The molecule has 7 heteroatoms. The molecule has 2 rings (SSSR count). The Labute approximate surface area is 150 Å². The maximum atomic E-state index is 12.7. The Morgan fingerprint density at radius 3 is 2.42 bits per heavy atom. The van der Waals surface area contributed by atoms with Crippen LogP contribution in [0.5, 0.6) is 5.75 Å². The number of halogens is 3. The lowest BCUT2D eigenvalue weighted by Gasteiger charge is -2.11. The van der Waals surface area contributed by atoms with E-state index in [9.17, 15) is 18.0 Å². The van der Waals surface area contributed by atoms with Crippen LogP contribution in [0.1, 0.15) is 25.0 Å². The van der Waals surface area contributed by atoms with Crippen molar-refractivity contribution in [2.45, 2.75) is 32.7 Å². The van der Waals surface area contributed by atoms with Crippen molar-refractivity contribution in [3.05, 3.63) is 59.7 Å². The summed E-state index contributed by atoms with van der Waals surface area (Å²) in [5, 5.41) is 5.40. The van der Waals surface area contributed by atoms with E-state index in [1.54, 1.807) is 0 Å². The van der Waals surface area contributed by atoms with Gasteiger partial charge in [0, 0.05) is 12.2 Å². The number of hydrogen-bond acceptors (Lipinski definition) is 3. The Morgan fingerprint density at radius 2 is 1.81 bits per heavy atom. The zero-order chi connectivity index (χ0) is 19.2. The lowest BCUT2D eigenvalue weighted by molar-refractivity contribution is -0.137. The van der Waals surface area contributed by atoms with E-state index in [1.165, 1.54) is 12.1 Å². The molecule has 0 aliphatic rings. The normalized spacial score (nSPS) is 11.5.